The van der Waals surface area contributed by atoms with Crippen molar-refractivity contribution in [2.24, 2.45) is 5.73 Å². The molecule has 1 atom stereocenters. The molecule has 0 radical (unpaired) electrons. The summed E-state index contributed by atoms with van der Waals surface area (Å²) in [7, 11) is 0. The standard InChI is InChI=1S/C15H16BrN3/c1-9-7-10(16)5-6-11(9)15-18-8-12-13(17)3-2-4-14(12)19-15/h5-8,13H,2-4,17H2,1H3. The summed E-state index contributed by atoms with van der Waals surface area (Å²) in [6, 6.07) is 6.27. The third kappa shape index (κ3) is 2.42. The molecule has 2 N–H and O–H groups in total. The van der Waals surface area contributed by atoms with E-state index in [1.54, 1.807) is 0 Å². The van der Waals surface area contributed by atoms with Gasteiger partial charge in [-0.3, -0.25) is 0 Å². The summed E-state index contributed by atoms with van der Waals surface area (Å²) in [6.45, 7) is 2.08. The molecular formula is C15H16BrN3. The van der Waals surface area contributed by atoms with Gasteiger partial charge in [0.2, 0.25) is 0 Å². The molecule has 19 heavy (non-hydrogen) atoms. The van der Waals surface area contributed by atoms with E-state index in [0.29, 0.717) is 0 Å². The molecule has 0 amide bonds. The number of hydrogen-bond acceptors (Lipinski definition) is 3. The van der Waals surface area contributed by atoms with E-state index < -0.39 is 0 Å². The predicted molar refractivity (Wildman–Crippen MR) is 79.8 cm³/mol. The minimum Gasteiger partial charge on any atom is -0.324 e. The van der Waals surface area contributed by atoms with Crippen LogP contribution in [0.1, 0.15) is 35.7 Å². The molecule has 1 aromatic heterocycles. The molecular weight excluding hydrogens is 302 g/mol. The second-order valence-electron chi connectivity index (χ2n) is 5.05. The Balaban J connectivity index is 2.06. The lowest BCUT2D eigenvalue weighted by atomic mass is 9.93. The molecule has 1 aromatic carbocycles. The van der Waals surface area contributed by atoms with Gasteiger partial charge in [-0.25, -0.2) is 9.97 Å². The highest BCUT2D eigenvalue weighted by molar-refractivity contribution is 9.10. The van der Waals surface area contributed by atoms with Crippen molar-refractivity contribution in [1.82, 2.24) is 9.97 Å². The van der Waals surface area contributed by atoms with Gasteiger partial charge < -0.3 is 5.73 Å². The van der Waals surface area contributed by atoms with Crippen molar-refractivity contribution >= 4 is 15.9 Å². The van der Waals surface area contributed by atoms with Crippen LogP contribution in [0.5, 0.6) is 0 Å². The third-order valence-corrected chi connectivity index (χ3v) is 4.15. The van der Waals surface area contributed by atoms with Crippen LogP contribution in [0.2, 0.25) is 0 Å². The van der Waals surface area contributed by atoms with Gasteiger partial charge in [0, 0.05) is 33.5 Å². The van der Waals surface area contributed by atoms with Crippen LogP contribution >= 0.6 is 15.9 Å². The Bertz CT molecular complexity index is 625. The number of benzene rings is 1. The van der Waals surface area contributed by atoms with E-state index in [1.165, 1.54) is 5.56 Å². The highest BCUT2D eigenvalue weighted by atomic mass is 79.9. The zero-order valence-electron chi connectivity index (χ0n) is 10.9. The number of nitrogens with two attached hydrogens (primary N) is 1. The molecule has 1 aliphatic rings. The van der Waals surface area contributed by atoms with Crippen molar-refractivity contribution in [1.29, 1.82) is 0 Å². The quantitative estimate of drug-likeness (QED) is 0.875. The zero-order chi connectivity index (χ0) is 13.4. The van der Waals surface area contributed by atoms with Crippen LogP contribution in [0.25, 0.3) is 11.4 Å². The van der Waals surface area contributed by atoms with Gasteiger partial charge in [-0.1, -0.05) is 15.9 Å². The van der Waals surface area contributed by atoms with Crippen LogP contribution in [-0.2, 0) is 6.42 Å². The highest BCUT2D eigenvalue weighted by Gasteiger charge is 2.19. The monoisotopic (exact) mass is 317 g/mol. The van der Waals surface area contributed by atoms with Crippen molar-refractivity contribution in [3.8, 4) is 11.4 Å². The zero-order valence-corrected chi connectivity index (χ0v) is 12.4. The summed E-state index contributed by atoms with van der Waals surface area (Å²) in [4.78, 5) is 9.21. The second kappa shape index (κ2) is 5.02. The number of hydrogen-bond donors (Lipinski definition) is 1. The number of halogens is 1. The lowest BCUT2D eigenvalue weighted by Gasteiger charge is -2.21. The highest BCUT2D eigenvalue weighted by Crippen LogP contribution is 2.29. The summed E-state index contributed by atoms with van der Waals surface area (Å²) in [5.41, 5.74) is 10.6. The van der Waals surface area contributed by atoms with E-state index in [4.69, 9.17) is 10.7 Å². The van der Waals surface area contributed by atoms with Gasteiger partial charge in [-0.15, -0.1) is 0 Å². The summed E-state index contributed by atoms with van der Waals surface area (Å²) in [5, 5.41) is 0. The first-order valence-electron chi connectivity index (χ1n) is 6.53. The van der Waals surface area contributed by atoms with E-state index in [-0.39, 0.29) is 6.04 Å². The number of rotatable bonds is 1. The van der Waals surface area contributed by atoms with Gasteiger partial charge in [0.1, 0.15) is 0 Å². The Labute approximate surface area is 121 Å². The third-order valence-electron chi connectivity index (χ3n) is 3.66. The van der Waals surface area contributed by atoms with Gasteiger partial charge in [0.15, 0.2) is 5.82 Å². The first-order chi connectivity index (χ1) is 9.15. The molecule has 1 unspecified atom stereocenters. The molecule has 1 aliphatic carbocycles. The van der Waals surface area contributed by atoms with E-state index in [1.807, 2.05) is 12.3 Å². The average Bonchev–Trinajstić information content (AvgIpc) is 2.38. The molecule has 4 heteroatoms. The molecule has 0 bridgehead atoms. The number of aromatic nitrogens is 2. The molecule has 0 fully saturated rings. The Hall–Kier alpha value is -1.26. The fraction of sp³-hybridized carbons (Fsp3) is 0.333. The maximum absolute atomic E-state index is 6.10. The Morgan fingerprint density at radius 2 is 2.21 bits per heavy atom. The topological polar surface area (TPSA) is 51.8 Å². The summed E-state index contributed by atoms with van der Waals surface area (Å²) in [5.74, 6) is 0.804. The molecule has 0 spiro atoms. The molecule has 0 aliphatic heterocycles. The molecule has 3 rings (SSSR count). The fourth-order valence-corrected chi connectivity index (χ4v) is 3.06. The van der Waals surface area contributed by atoms with Gasteiger partial charge in [-0.2, -0.15) is 0 Å². The van der Waals surface area contributed by atoms with Gasteiger partial charge in [0.05, 0.1) is 0 Å². The van der Waals surface area contributed by atoms with Crippen LogP contribution < -0.4 is 5.73 Å². The molecule has 3 nitrogen and oxygen atoms in total. The van der Waals surface area contributed by atoms with Gasteiger partial charge >= 0.3 is 0 Å². The first kappa shape index (κ1) is 12.8. The molecule has 98 valence electrons. The van der Waals surface area contributed by atoms with Crippen molar-refractivity contribution in [3.05, 3.63) is 45.7 Å². The maximum Gasteiger partial charge on any atom is 0.159 e. The van der Waals surface area contributed by atoms with Crippen LogP contribution in [0.15, 0.2) is 28.9 Å². The smallest absolute Gasteiger partial charge is 0.159 e. The minimum atomic E-state index is 0.101. The molecule has 1 heterocycles. The molecule has 0 saturated carbocycles. The van der Waals surface area contributed by atoms with Crippen LogP contribution in [0.4, 0.5) is 0 Å². The van der Waals surface area contributed by atoms with Crippen molar-refractivity contribution in [3.63, 3.8) is 0 Å². The Morgan fingerprint density at radius 3 is 3.00 bits per heavy atom. The summed E-state index contributed by atoms with van der Waals surface area (Å²) in [6.07, 6.45) is 5.06. The van der Waals surface area contributed by atoms with E-state index in [2.05, 4.69) is 40.0 Å². The SMILES string of the molecule is Cc1cc(Br)ccc1-c1ncc2c(n1)CCCC2N. The maximum atomic E-state index is 6.10. The van der Waals surface area contributed by atoms with Gasteiger partial charge in [-0.05, 0) is 49.9 Å². The summed E-state index contributed by atoms with van der Waals surface area (Å²) >= 11 is 3.48. The van der Waals surface area contributed by atoms with Crippen LogP contribution in [0.3, 0.4) is 0 Å². The molecule has 0 saturated heterocycles. The van der Waals surface area contributed by atoms with Crippen LogP contribution in [0, 0.1) is 6.92 Å². The predicted octanol–water partition coefficient (Wildman–Crippen LogP) is 3.55. The van der Waals surface area contributed by atoms with Crippen molar-refractivity contribution in [2.45, 2.75) is 32.2 Å². The summed E-state index contributed by atoms with van der Waals surface area (Å²) < 4.78 is 1.08. The Kier molecular flexibility index (Phi) is 3.37. The van der Waals surface area contributed by atoms with E-state index >= 15 is 0 Å². The van der Waals surface area contributed by atoms with E-state index in [0.717, 1.165) is 46.4 Å². The average molecular weight is 318 g/mol. The van der Waals surface area contributed by atoms with Gasteiger partial charge in [0.25, 0.3) is 0 Å². The number of nitrogens with zero attached hydrogens (tertiary/aromatic N) is 2. The second-order valence-corrected chi connectivity index (χ2v) is 5.97. The Morgan fingerprint density at radius 1 is 1.37 bits per heavy atom. The lowest BCUT2D eigenvalue weighted by molar-refractivity contribution is 0.557. The van der Waals surface area contributed by atoms with Crippen LogP contribution in [-0.4, -0.2) is 9.97 Å². The normalized spacial score (nSPS) is 18.2. The van der Waals surface area contributed by atoms with E-state index in [9.17, 15) is 0 Å². The fourth-order valence-electron chi connectivity index (χ4n) is 2.59. The first-order valence-corrected chi connectivity index (χ1v) is 7.32. The largest absolute Gasteiger partial charge is 0.324 e. The molecule has 2 aromatic rings. The number of aryl methyl sites for hydroxylation is 2. The minimum absolute atomic E-state index is 0.101. The van der Waals surface area contributed by atoms with Crippen molar-refractivity contribution in [2.75, 3.05) is 0 Å². The van der Waals surface area contributed by atoms with Crippen molar-refractivity contribution < 1.29 is 0 Å². The lowest BCUT2D eigenvalue weighted by Crippen LogP contribution is -2.19. The number of fused-ring (bicyclic) bond motifs is 1.